The van der Waals surface area contributed by atoms with Crippen LogP contribution in [0.4, 0.5) is 10.6 Å². The molecule has 4 aliphatic carbocycles. The summed E-state index contributed by atoms with van der Waals surface area (Å²) in [6.07, 6.45) is 18.0. The molecule has 38 heavy (non-hydrogen) atoms. The van der Waals surface area contributed by atoms with Gasteiger partial charge in [-0.3, -0.25) is 5.32 Å². The highest BCUT2D eigenvalue weighted by atomic mass is 16.6. The third kappa shape index (κ3) is 5.18. The number of carbonyl (C=O) groups excluding carboxylic acids is 1. The van der Waals surface area contributed by atoms with E-state index in [1.807, 2.05) is 19.1 Å². The lowest BCUT2D eigenvalue weighted by atomic mass is 9.47. The number of carbonyl (C=O) groups is 1. The van der Waals surface area contributed by atoms with Gasteiger partial charge in [0, 0.05) is 12.6 Å². The minimum Gasteiger partial charge on any atom is -0.446 e. The Morgan fingerprint density at radius 3 is 2.68 bits per heavy atom. The second kappa shape index (κ2) is 11.0. The van der Waals surface area contributed by atoms with Crippen molar-refractivity contribution in [1.29, 1.82) is 0 Å². The van der Waals surface area contributed by atoms with Crippen LogP contribution < -0.4 is 5.32 Å². The fraction of sp³-hybridized carbons (Fsp3) is 0.765. The number of fused-ring (bicyclic) bond motifs is 5. The molecule has 0 spiro atoms. The van der Waals surface area contributed by atoms with Gasteiger partial charge in [-0.2, -0.15) is 0 Å². The molecule has 5 rings (SSSR count). The number of allylic oxidation sites excluding steroid dienone is 1. The molecule has 0 bridgehead atoms. The van der Waals surface area contributed by atoms with Gasteiger partial charge in [-0.05, 0) is 110 Å². The van der Waals surface area contributed by atoms with Crippen LogP contribution in [-0.4, -0.2) is 17.2 Å². The summed E-state index contributed by atoms with van der Waals surface area (Å²) in [6, 6.07) is 3.83. The third-order valence-corrected chi connectivity index (χ3v) is 11.8. The zero-order chi connectivity index (χ0) is 27.1. The summed E-state index contributed by atoms with van der Waals surface area (Å²) in [6.45, 7) is 14.5. The maximum atomic E-state index is 12.7. The number of anilines is 1. The molecule has 8 atom stereocenters. The molecule has 1 aromatic rings. The van der Waals surface area contributed by atoms with Crippen LogP contribution in [-0.2, 0) is 4.74 Å². The molecule has 3 saturated carbocycles. The number of nitrogens with one attached hydrogen (secondary N) is 1. The molecule has 0 radical (unpaired) electrons. The van der Waals surface area contributed by atoms with E-state index in [1.165, 1.54) is 51.4 Å². The van der Waals surface area contributed by atoms with Gasteiger partial charge in [-0.15, -0.1) is 0 Å². The number of aromatic nitrogens is 1. The normalized spacial score (nSPS) is 37.0. The summed E-state index contributed by atoms with van der Waals surface area (Å²) in [5.74, 6) is 5.70. The van der Waals surface area contributed by atoms with Crippen molar-refractivity contribution in [1.82, 2.24) is 4.98 Å². The lowest BCUT2D eigenvalue weighted by molar-refractivity contribution is -0.0577. The quantitative estimate of drug-likeness (QED) is 0.364. The maximum Gasteiger partial charge on any atom is 0.413 e. The minimum absolute atomic E-state index is 0.0358. The van der Waals surface area contributed by atoms with Crippen LogP contribution in [0.1, 0.15) is 111 Å². The Labute approximate surface area is 231 Å². The molecule has 1 amide bonds. The number of ether oxygens (including phenoxy) is 1. The van der Waals surface area contributed by atoms with Gasteiger partial charge in [0.15, 0.2) is 0 Å². The van der Waals surface area contributed by atoms with Gasteiger partial charge >= 0.3 is 6.09 Å². The topological polar surface area (TPSA) is 51.2 Å². The van der Waals surface area contributed by atoms with Gasteiger partial charge in [0.05, 0.1) is 0 Å². The number of hydrogen-bond acceptors (Lipinski definition) is 3. The Balaban J connectivity index is 1.22. The van der Waals surface area contributed by atoms with Crippen molar-refractivity contribution in [3.63, 3.8) is 0 Å². The Hall–Kier alpha value is -1.84. The van der Waals surface area contributed by atoms with E-state index in [9.17, 15) is 4.79 Å². The first-order valence-corrected chi connectivity index (χ1v) is 15.7. The first-order chi connectivity index (χ1) is 18.1. The fourth-order valence-electron chi connectivity index (χ4n) is 9.65. The highest BCUT2D eigenvalue weighted by molar-refractivity contribution is 5.84. The summed E-state index contributed by atoms with van der Waals surface area (Å²) in [4.78, 5) is 16.9. The van der Waals surface area contributed by atoms with Gasteiger partial charge in [0.2, 0.25) is 0 Å². The summed E-state index contributed by atoms with van der Waals surface area (Å²) in [5, 5.41) is 2.85. The van der Waals surface area contributed by atoms with Crippen LogP contribution in [0.5, 0.6) is 0 Å². The van der Waals surface area contributed by atoms with Gasteiger partial charge < -0.3 is 4.74 Å². The zero-order valence-electron chi connectivity index (χ0n) is 24.9. The Kier molecular flexibility index (Phi) is 8.00. The van der Waals surface area contributed by atoms with Crippen LogP contribution in [0, 0.1) is 53.3 Å². The van der Waals surface area contributed by atoms with Crippen molar-refractivity contribution in [3.05, 3.63) is 35.5 Å². The van der Waals surface area contributed by atoms with Gasteiger partial charge in [0.25, 0.3) is 0 Å². The molecule has 1 heterocycles. The average molecular weight is 521 g/mol. The van der Waals surface area contributed by atoms with E-state index < -0.39 is 0 Å². The zero-order valence-corrected chi connectivity index (χ0v) is 24.9. The number of aryl methyl sites for hydroxylation is 1. The second-order valence-electron chi connectivity index (χ2n) is 14.4. The molecule has 4 heteroatoms. The molecule has 4 aliphatic rings. The first kappa shape index (κ1) is 27.7. The monoisotopic (exact) mass is 520 g/mol. The van der Waals surface area contributed by atoms with Crippen LogP contribution in [0.15, 0.2) is 30.0 Å². The Morgan fingerprint density at radius 2 is 1.92 bits per heavy atom. The van der Waals surface area contributed by atoms with Gasteiger partial charge in [0.1, 0.15) is 11.9 Å². The standard InChI is InChI=1S/C34H52N2O2/c1-22(2)9-7-10-23(3)28-14-15-29-27-13-12-25-21-26(38-32(37)36-31-24(4)11-8-20-35-31)16-18-33(25,5)30(27)17-19-34(28,29)6/h8,11-12,20,22-23,26-30H,7,9-10,13-19,21H2,1-6H3,(H,35,36,37)/t23?,26-,27-,28+,29-,30-,33-,34+/m0/s1. The van der Waals surface area contributed by atoms with Crippen molar-refractivity contribution in [2.75, 3.05) is 5.32 Å². The predicted octanol–water partition coefficient (Wildman–Crippen LogP) is 9.35. The van der Waals surface area contributed by atoms with Crippen molar-refractivity contribution in [2.45, 2.75) is 118 Å². The number of nitrogens with zero attached hydrogens (tertiary/aromatic N) is 1. The largest absolute Gasteiger partial charge is 0.446 e. The number of amides is 1. The van der Waals surface area contributed by atoms with Crippen LogP contribution >= 0.6 is 0 Å². The molecule has 1 aromatic heterocycles. The summed E-state index contributed by atoms with van der Waals surface area (Å²) >= 11 is 0. The van der Waals surface area contributed by atoms with Gasteiger partial charge in [-0.25, -0.2) is 9.78 Å². The highest BCUT2D eigenvalue weighted by Crippen LogP contribution is 2.67. The van der Waals surface area contributed by atoms with E-state index in [4.69, 9.17) is 4.74 Å². The molecule has 0 aliphatic heterocycles. The lowest BCUT2D eigenvalue weighted by Gasteiger charge is -2.58. The van der Waals surface area contributed by atoms with Crippen molar-refractivity contribution in [2.24, 2.45) is 46.3 Å². The molecule has 1 N–H and O–H groups in total. The van der Waals surface area contributed by atoms with Crippen molar-refractivity contribution < 1.29 is 9.53 Å². The maximum absolute atomic E-state index is 12.7. The molecule has 0 aromatic carbocycles. The van der Waals surface area contributed by atoms with Crippen LogP contribution in [0.25, 0.3) is 0 Å². The Morgan fingerprint density at radius 1 is 1.11 bits per heavy atom. The van der Waals surface area contributed by atoms with E-state index in [0.717, 1.165) is 60.3 Å². The van der Waals surface area contributed by atoms with Crippen molar-refractivity contribution >= 4 is 11.9 Å². The smallest absolute Gasteiger partial charge is 0.413 e. The molecule has 1 unspecified atom stereocenters. The predicted molar refractivity (Wildman–Crippen MR) is 156 cm³/mol. The van der Waals surface area contributed by atoms with Crippen LogP contribution in [0.3, 0.4) is 0 Å². The average Bonchev–Trinajstić information content (AvgIpc) is 3.23. The first-order valence-electron chi connectivity index (χ1n) is 15.7. The Bertz CT molecular complexity index is 1030. The van der Waals surface area contributed by atoms with E-state index in [1.54, 1.807) is 11.8 Å². The molecule has 4 nitrogen and oxygen atoms in total. The molecule has 3 fully saturated rings. The molecular formula is C34H52N2O2. The molecule has 0 saturated heterocycles. The molecular weight excluding hydrogens is 468 g/mol. The number of hydrogen-bond donors (Lipinski definition) is 1. The van der Waals surface area contributed by atoms with Crippen LogP contribution in [0.2, 0.25) is 0 Å². The third-order valence-electron chi connectivity index (χ3n) is 11.8. The summed E-state index contributed by atoms with van der Waals surface area (Å²) in [5.41, 5.74) is 3.32. The second-order valence-corrected chi connectivity index (χ2v) is 14.4. The minimum atomic E-state index is -0.373. The van der Waals surface area contributed by atoms with E-state index >= 15 is 0 Å². The summed E-state index contributed by atoms with van der Waals surface area (Å²) in [7, 11) is 0. The van der Waals surface area contributed by atoms with Crippen molar-refractivity contribution in [3.8, 4) is 0 Å². The van der Waals surface area contributed by atoms with E-state index in [-0.39, 0.29) is 17.6 Å². The number of rotatable bonds is 7. The SMILES string of the molecule is Cc1cccnc1NC(=O)O[C@H]1CC[C@@]2(C)C(=CC[C@H]3[C@@H]4CC[C@H](C(C)CCCC(C)C)[C@@]4(C)CC[C@@H]32)C1. The summed E-state index contributed by atoms with van der Waals surface area (Å²) < 4.78 is 5.92. The van der Waals surface area contributed by atoms with E-state index in [2.05, 4.69) is 51.0 Å². The lowest BCUT2D eigenvalue weighted by Crippen LogP contribution is -2.51. The highest BCUT2D eigenvalue weighted by Gasteiger charge is 2.59. The molecule has 210 valence electrons. The number of pyridine rings is 1. The fourth-order valence-corrected chi connectivity index (χ4v) is 9.65. The van der Waals surface area contributed by atoms with E-state index in [0.29, 0.717) is 11.2 Å². The van der Waals surface area contributed by atoms with Gasteiger partial charge in [-0.1, -0.05) is 71.6 Å².